The van der Waals surface area contributed by atoms with Crippen LogP contribution in [-0.2, 0) is 0 Å². The Labute approximate surface area is 161 Å². The van der Waals surface area contributed by atoms with E-state index in [1.165, 1.54) is 19.3 Å². The van der Waals surface area contributed by atoms with Crippen LogP contribution in [0.3, 0.4) is 0 Å². The first-order valence-electron chi connectivity index (χ1n) is 11.6. The highest BCUT2D eigenvalue weighted by atomic mass is 31.1. The monoisotopic (exact) mass is 382 g/mol. The Kier molecular flexibility index (Phi) is 8.13. The molecule has 4 atom stereocenters. The van der Waals surface area contributed by atoms with Gasteiger partial charge in [-0.05, 0) is 79.4 Å². The Bertz CT molecular complexity index is 364. The molecule has 0 aromatic rings. The topological polar surface area (TPSA) is 0 Å². The molecule has 0 aromatic carbocycles. The summed E-state index contributed by atoms with van der Waals surface area (Å²) >= 11 is 0. The summed E-state index contributed by atoms with van der Waals surface area (Å²) in [6.45, 7) is 10.4. The van der Waals surface area contributed by atoms with Crippen molar-refractivity contribution < 1.29 is 0 Å². The molecule has 3 aliphatic rings. The second-order valence-electron chi connectivity index (χ2n) is 9.69. The van der Waals surface area contributed by atoms with E-state index < -0.39 is 0 Å². The highest BCUT2D eigenvalue weighted by Crippen LogP contribution is 2.64. The SMILES string of the molecule is CC(C)P(C)C1CCCC1[C@@H](C)P(C1CCCCC1)C1CCCCC1. The van der Waals surface area contributed by atoms with Gasteiger partial charge in [0.15, 0.2) is 0 Å². The summed E-state index contributed by atoms with van der Waals surface area (Å²) in [5, 5.41) is 0. The minimum Gasteiger partial charge on any atom is -0.104 e. The molecule has 3 fully saturated rings. The van der Waals surface area contributed by atoms with Crippen LogP contribution in [0.2, 0.25) is 0 Å². The van der Waals surface area contributed by atoms with Gasteiger partial charge in [0, 0.05) is 0 Å². The lowest BCUT2D eigenvalue weighted by Gasteiger charge is -2.46. The van der Waals surface area contributed by atoms with Gasteiger partial charge in [0.1, 0.15) is 0 Å². The van der Waals surface area contributed by atoms with Crippen LogP contribution in [0, 0.1) is 5.92 Å². The first-order chi connectivity index (χ1) is 12.1. The predicted octanol–water partition coefficient (Wildman–Crippen LogP) is 8.21. The molecule has 3 unspecified atom stereocenters. The molecule has 0 saturated heterocycles. The van der Waals surface area contributed by atoms with E-state index in [0.717, 1.165) is 34.2 Å². The molecule has 146 valence electrons. The fourth-order valence-electron chi connectivity index (χ4n) is 6.36. The van der Waals surface area contributed by atoms with Crippen molar-refractivity contribution >= 4 is 15.8 Å². The quantitative estimate of drug-likeness (QED) is 0.406. The van der Waals surface area contributed by atoms with Gasteiger partial charge in [0.05, 0.1) is 0 Å². The zero-order chi connectivity index (χ0) is 17.8. The summed E-state index contributed by atoms with van der Waals surface area (Å²) in [6.07, 6.45) is 20.3. The van der Waals surface area contributed by atoms with Crippen molar-refractivity contribution in [2.45, 2.75) is 133 Å². The maximum absolute atomic E-state index is 2.75. The maximum Gasteiger partial charge on any atom is -0.0175 e. The van der Waals surface area contributed by atoms with Crippen LogP contribution in [0.1, 0.15) is 104 Å². The second kappa shape index (κ2) is 9.87. The van der Waals surface area contributed by atoms with Crippen molar-refractivity contribution in [1.82, 2.24) is 0 Å². The van der Waals surface area contributed by atoms with Crippen molar-refractivity contribution in [3.05, 3.63) is 0 Å². The third kappa shape index (κ3) is 5.02. The van der Waals surface area contributed by atoms with Crippen molar-refractivity contribution in [2.24, 2.45) is 5.92 Å². The van der Waals surface area contributed by atoms with Gasteiger partial charge < -0.3 is 0 Å². The van der Waals surface area contributed by atoms with E-state index in [9.17, 15) is 0 Å². The molecule has 0 nitrogen and oxygen atoms in total. The van der Waals surface area contributed by atoms with Gasteiger partial charge in [0.25, 0.3) is 0 Å². The third-order valence-corrected chi connectivity index (χ3v) is 15.3. The first-order valence-corrected chi connectivity index (χ1v) is 15.1. The van der Waals surface area contributed by atoms with Crippen LogP contribution in [0.5, 0.6) is 0 Å². The third-order valence-electron chi connectivity index (χ3n) is 7.95. The van der Waals surface area contributed by atoms with Crippen LogP contribution in [0.25, 0.3) is 0 Å². The molecule has 3 saturated carbocycles. The molecule has 0 radical (unpaired) electrons. The zero-order valence-electron chi connectivity index (χ0n) is 17.6. The predicted molar refractivity (Wildman–Crippen MR) is 119 cm³/mol. The Hall–Kier alpha value is 0.860. The van der Waals surface area contributed by atoms with Gasteiger partial charge in [-0.25, -0.2) is 0 Å². The fourth-order valence-corrected chi connectivity index (χ4v) is 13.5. The lowest BCUT2D eigenvalue weighted by molar-refractivity contribution is 0.466. The van der Waals surface area contributed by atoms with Crippen LogP contribution in [0.15, 0.2) is 0 Å². The summed E-state index contributed by atoms with van der Waals surface area (Å²) in [6, 6.07) is 0. The van der Waals surface area contributed by atoms with E-state index in [2.05, 4.69) is 27.4 Å². The molecule has 3 aliphatic carbocycles. The Morgan fingerprint density at radius 3 is 1.64 bits per heavy atom. The van der Waals surface area contributed by atoms with E-state index in [4.69, 9.17) is 0 Å². The maximum atomic E-state index is 2.75. The number of hydrogen-bond acceptors (Lipinski definition) is 0. The van der Waals surface area contributed by atoms with Gasteiger partial charge in [-0.15, -0.1) is 7.92 Å². The van der Waals surface area contributed by atoms with Crippen LogP contribution in [-0.4, -0.2) is 35.0 Å². The van der Waals surface area contributed by atoms with E-state index in [1.54, 1.807) is 64.2 Å². The first kappa shape index (κ1) is 20.6. The second-order valence-corrected chi connectivity index (χ2v) is 15.9. The standard InChI is InChI=1S/C23H44P2/c1-18(2)24(4)23-17-11-16-22(23)19(3)25(20-12-7-5-8-13-20)21-14-9-6-10-15-21/h18-23H,5-17H2,1-4H3/t19-,22?,23?,24?/m1/s1. The smallest absolute Gasteiger partial charge is 0.0175 e. The average Bonchev–Trinajstić information content (AvgIpc) is 3.12. The molecular formula is C23H44P2. The van der Waals surface area contributed by atoms with Crippen LogP contribution >= 0.6 is 15.8 Å². The average molecular weight is 383 g/mol. The summed E-state index contributed by atoms with van der Waals surface area (Å²) in [5.74, 6) is 1.09. The zero-order valence-corrected chi connectivity index (χ0v) is 19.3. The molecule has 0 aliphatic heterocycles. The van der Waals surface area contributed by atoms with E-state index in [-0.39, 0.29) is 15.8 Å². The van der Waals surface area contributed by atoms with E-state index in [1.807, 2.05) is 0 Å². The largest absolute Gasteiger partial charge is 0.104 e. The molecule has 0 spiro atoms. The summed E-state index contributed by atoms with van der Waals surface area (Å²) in [7, 11) is 0.509. The molecule has 2 heteroatoms. The van der Waals surface area contributed by atoms with Gasteiger partial charge in [-0.2, -0.15) is 0 Å². The Morgan fingerprint density at radius 2 is 1.16 bits per heavy atom. The number of rotatable bonds is 6. The van der Waals surface area contributed by atoms with Crippen molar-refractivity contribution in [2.75, 3.05) is 6.66 Å². The summed E-state index contributed by atoms with van der Waals surface area (Å²) < 4.78 is 0. The van der Waals surface area contributed by atoms with Gasteiger partial charge in [-0.1, -0.05) is 73.6 Å². The van der Waals surface area contributed by atoms with Gasteiger partial charge in [-0.3, -0.25) is 0 Å². The molecule has 0 bridgehead atoms. The molecule has 25 heavy (non-hydrogen) atoms. The molecule has 0 N–H and O–H groups in total. The number of hydrogen-bond donors (Lipinski definition) is 0. The van der Waals surface area contributed by atoms with Gasteiger partial charge in [0.2, 0.25) is 0 Å². The van der Waals surface area contributed by atoms with E-state index >= 15 is 0 Å². The normalized spacial score (nSPS) is 32.4. The minimum absolute atomic E-state index is 0.238. The summed E-state index contributed by atoms with van der Waals surface area (Å²) in [5.41, 5.74) is 5.39. The molecule has 0 heterocycles. The fraction of sp³-hybridized carbons (Fsp3) is 1.00. The van der Waals surface area contributed by atoms with E-state index in [0.29, 0.717) is 0 Å². The summed E-state index contributed by atoms with van der Waals surface area (Å²) in [4.78, 5) is 0. The molecular weight excluding hydrogens is 338 g/mol. The van der Waals surface area contributed by atoms with Gasteiger partial charge >= 0.3 is 0 Å². The Morgan fingerprint density at radius 1 is 0.640 bits per heavy atom. The van der Waals surface area contributed by atoms with Crippen molar-refractivity contribution in [3.8, 4) is 0 Å². The van der Waals surface area contributed by atoms with Crippen LogP contribution < -0.4 is 0 Å². The highest BCUT2D eigenvalue weighted by Gasteiger charge is 2.42. The Balaban J connectivity index is 1.76. The lowest BCUT2D eigenvalue weighted by Crippen LogP contribution is -2.32. The highest BCUT2D eigenvalue weighted by molar-refractivity contribution is 7.60. The molecule has 3 rings (SSSR count). The minimum atomic E-state index is 0.238. The van der Waals surface area contributed by atoms with Crippen LogP contribution in [0.4, 0.5) is 0 Å². The van der Waals surface area contributed by atoms with Crippen molar-refractivity contribution in [1.29, 1.82) is 0 Å². The molecule has 0 amide bonds. The van der Waals surface area contributed by atoms with Crippen molar-refractivity contribution in [3.63, 3.8) is 0 Å². The lowest BCUT2D eigenvalue weighted by atomic mass is 9.99. The molecule has 0 aromatic heterocycles.